The summed E-state index contributed by atoms with van der Waals surface area (Å²) in [5.41, 5.74) is 2.21. The first-order chi connectivity index (χ1) is 11.3. The summed E-state index contributed by atoms with van der Waals surface area (Å²) in [6, 6.07) is 19.9. The molecule has 2 rings (SSSR count). The van der Waals surface area contributed by atoms with Crippen LogP contribution in [0.2, 0.25) is 0 Å². The number of hydrogen-bond donors (Lipinski definition) is 1. The average molecular weight is 312 g/mol. The average Bonchev–Trinajstić information content (AvgIpc) is 2.60. The van der Waals surface area contributed by atoms with Crippen LogP contribution in [0.25, 0.3) is 0 Å². The molecule has 0 bridgehead atoms. The number of aliphatic hydroxyl groups excluding tert-OH is 1. The first-order valence-electron chi connectivity index (χ1n) is 7.83. The maximum atomic E-state index is 10.2. The lowest BCUT2D eigenvalue weighted by molar-refractivity contribution is -0.0180. The van der Waals surface area contributed by atoms with Crippen molar-refractivity contribution in [2.75, 3.05) is 13.2 Å². The van der Waals surface area contributed by atoms with Gasteiger partial charge in [-0.3, -0.25) is 0 Å². The van der Waals surface area contributed by atoms with E-state index in [1.807, 2.05) is 60.7 Å². The van der Waals surface area contributed by atoms with Crippen molar-refractivity contribution in [2.24, 2.45) is 5.92 Å². The van der Waals surface area contributed by atoms with E-state index in [0.717, 1.165) is 11.1 Å². The molecule has 122 valence electrons. The van der Waals surface area contributed by atoms with Crippen LogP contribution < -0.4 is 0 Å². The molecule has 1 N–H and O–H groups in total. The fourth-order valence-corrected chi connectivity index (χ4v) is 2.22. The highest BCUT2D eigenvalue weighted by Crippen LogP contribution is 2.10. The van der Waals surface area contributed by atoms with Gasteiger partial charge in [-0.05, 0) is 11.1 Å². The van der Waals surface area contributed by atoms with Gasteiger partial charge >= 0.3 is 0 Å². The monoisotopic (exact) mass is 312 g/mol. The minimum Gasteiger partial charge on any atom is -0.390 e. The molecule has 23 heavy (non-hydrogen) atoms. The van der Waals surface area contributed by atoms with Gasteiger partial charge in [-0.25, -0.2) is 0 Å². The second-order valence-corrected chi connectivity index (χ2v) is 5.47. The van der Waals surface area contributed by atoms with E-state index < -0.39 is 6.10 Å². The molecule has 0 heterocycles. The van der Waals surface area contributed by atoms with Crippen LogP contribution in [0.15, 0.2) is 73.3 Å². The van der Waals surface area contributed by atoms with Gasteiger partial charge in [0.2, 0.25) is 0 Å². The van der Waals surface area contributed by atoms with Gasteiger partial charge in [0, 0.05) is 5.92 Å². The van der Waals surface area contributed by atoms with Crippen molar-refractivity contribution in [1.82, 2.24) is 0 Å². The topological polar surface area (TPSA) is 38.7 Å². The highest BCUT2D eigenvalue weighted by Gasteiger charge is 2.16. The SMILES string of the molecule is C=CC(COCc1ccccc1)C(O)COCc1ccccc1. The first-order valence-corrected chi connectivity index (χ1v) is 7.83. The lowest BCUT2D eigenvalue weighted by atomic mass is 10.0. The van der Waals surface area contributed by atoms with E-state index in [1.54, 1.807) is 6.08 Å². The first kappa shape index (κ1) is 17.4. The van der Waals surface area contributed by atoms with Crippen molar-refractivity contribution in [3.05, 3.63) is 84.4 Å². The quantitative estimate of drug-likeness (QED) is 0.682. The van der Waals surface area contributed by atoms with Gasteiger partial charge in [0.15, 0.2) is 0 Å². The molecule has 0 amide bonds. The molecule has 0 saturated heterocycles. The summed E-state index contributed by atoms with van der Waals surface area (Å²) in [6.07, 6.45) is 1.11. The molecule has 2 unspecified atom stereocenters. The van der Waals surface area contributed by atoms with Gasteiger partial charge in [-0.1, -0.05) is 66.7 Å². The van der Waals surface area contributed by atoms with E-state index in [4.69, 9.17) is 9.47 Å². The van der Waals surface area contributed by atoms with Crippen molar-refractivity contribution in [1.29, 1.82) is 0 Å². The van der Waals surface area contributed by atoms with Crippen LogP contribution >= 0.6 is 0 Å². The van der Waals surface area contributed by atoms with Crippen molar-refractivity contribution >= 4 is 0 Å². The predicted octanol–water partition coefficient (Wildman–Crippen LogP) is 3.58. The molecule has 2 aromatic rings. The van der Waals surface area contributed by atoms with Gasteiger partial charge in [0.1, 0.15) is 0 Å². The molecule has 3 nitrogen and oxygen atoms in total. The molecule has 0 aliphatic heterocycles. The molecular weight excluding hydrogens is 288 g/mol. The third-order valence-corrected chi connectivity index (χ3v) is 3.62. The Balaban J connectivity index is 1.68. The molecule has 0 radical (unpaired) electrons. The number of hydrogen-bond acceptors (Lipinski definition) is 3. The molecule has 0 aliphatic carbocycles. The van der Waals surface area contributed by atoms with Crippen molar-refractivity contribution in [2.45, 2.75) is 19.3 Å². The second-order valence-electron chi connectivity index (χ2n) is 5.47. The summed E-state index contributed by atoms with van der Waals surface area (Å²) < 4.78 is 11.2. The van der Waals surface area contributed by atoms with Gasteiger partial charge in [0.25, 0.3) is 0 Å². The molecule has 0 spiro atoms. The minimum absolute atomic E-state index is 0.144. The Labute approximate surface area is 138 Å². The summed E-state index contributed by atoms with van der Waals surface area (Å²) in [4.78, 5) is 0. The summed E-state index contributed by atoms with van der Waals surface area (Å²) in [6.45, 7) is 5.49. The Morgan fingerprint density at radius 3 is 1.78 bits per heavy atom. The van der Waals surface area contributed by atoms with Crippen molar-refractivity contribution in [3.63, 3.8) is 0 Å². The van der Waals surface area contributed by atoms with E-state index in [0.29, 0.717) is 19.8 Å². The summed E-state index contributed by atoms with van der Waals surface area (Å²) in [7, 11) is 0. The molecule has 0 aromatic heterocycles. The smallest absolute Gasteiger partial charge is 0.0858 e. The fraction of sp³-hybridized carbons (Fsp3) is 0.300. The van der Waals surface area contributed by atoms with Crippen LogP contribution in [0.1, 0.15) is 11.1 Å². The summed E-state index contributed by atoms with van der Waals surface area (Å²) >= 11 is 0. The number of aliphatic hydroxyl groups is 1. The van der Waals surface area contributed by atoms with E-state index >= 15 is 0 Å². The third kappa shape index (κ3) is 6.37. The molecule has 0 aliphatic rings. The fourth-order valence-electron chi connectivity index (χ4n) is 2.22. The molecule has 0 saturated carbocycles. The van der Waals surface area contributed by atoms with Gasteiger partial charge in [0.05, 0.1) is 32.5 Å². The zero-order valence-electron chi connectivity index (χ0n) is 13.3. The van der Waals surface area contributed by atoms with Gasteiger partial charge in [-0.15, -0.1) is 6.58 Å². The van der Waals surface area contributed by atoms with E-state index in [1.165, 1.54) is 0 Å². The summed E-state index contributed by atoms with van der Waals surface area (Å²) in [5, 5.41) is 10.2. The number of ether oxygens (including phenoxy) is 2. The lowest BCUT2D eigenvalue weighted by Gasteiger charge is -2.20. The van der Waals surface area contributed by atoms with Crippen LogP contribution in [0.3, 0.4) is 0 Å². The zero-order chi connectivity index (χ0) is 16.3. The number of rotatable bonds is 10. The Hall–Kier alpha value is -1.94. The van der Waals surface area contributed by atoms with E-state index in [-0.39, 0.29) is 12.5 Å². The Bertz CT molecular complexity index is 554. The summed E-state index contributed by atoms with van der Waals surface area (Å²) in [5.74, 6) is -0.144. The largest absolute Gasteiger partial charge is 0.390 e. The number of benzene rings is 2. The Morgan fingerprint density at radius 2 is 1.30 bits per heavy atom. The van der Waals surface area contributed by atoms with Crippen molar-refractivity contribution in [3.8, 4) is 0 Å². The predicted molar refractivity (Wildman–Crippen MR) is 91.9 cm³/mol. The molecule has 2 atom stereocenters. The second kappa shape index (κ2) is 9.95. The molecule has 2 aromatic carbocycles. The van der Waals surface area contributed by atoms with Crippen LogP contribution in [0.4, 0.5) is 0 Å². The minimum atomic E-state index is -0.619. The Kier molecular flexibility index (Phi) is 7.54. The van der Waals surface area contributed by atoms with Crippen LogP contribution in [0.5, 0.6) is 0 Å². The molecule has 3 heteroatoms. The standard InChI is InChI=1S/C20H24O3/c1-2-19(15-22-13-17-9-5-3-6-10-17)20(21)16-23-14-18-11-7-4-8-12-18/h2-12,19-21H,1,13-16H2. The highest BCUT2D eigenvalue weighted by molar-refractivity contribution is 5.14. The molecule has 0 fully saturated rings. The maximum Gasteiger partial charge on any atom is 0.0858 e. The van der Waals surface area contributed by atoms with Crippen LogP contribution in [-0.4, -0.2) is 24.4 Å². The normalized spacial score (nSPS) is 13.4. The van der Waals surface area contributed by atoms with Crippen LogP contribution in [-0.2, 0) is 22.7 Å². The molecular formula is C20H24O3. The highest BCUT2D eigenvalue weighted by atomic mass is 16.5. The third-order valence-electron chi connectivity index (χ3n) is 3.62. The zero-order valence-corrected chi connectivity index (χ0v) is 13.3. The van der Waals surface area contributed by atoms with Crippen molar-refractivity contribution < 1.29 is 14.6 Å². The van der Waals surface area contributed by atoms with E-state index in [9.17, 15) is 5.11 Å². The Morgan fingerprint density at radius 1 is 0.826 bits per heavy atom. The van der Waals surface area contributed by atoms with Gasteiger partial charge < -0.3 is 14.6 Å². The lowest BCUT2D eigenvalue weighted by Crippen LogP contribution is -2.28. The van der Waals surface area contributed by atoms with Gasteiger partial charge in [-0.2, -0.15) is 0 Å². The maximum absolute atomic E-state index is 10.2. The van der Waals surface area contributed by atoms with Crippen LogP contribution in [0, 0.1) is 5.92 Å². The van der Waals surface area contributed by atoms with E-state index in [2.05, 4.69) is 6.58 Å².